The molecule has 2 amide bonds. The summed E-state index contributed by atoms with van der Waals surface area (Å²) in [6.45, 7) is 3.82. The van der Waals surface area contributed by atoms with Crippen LogP contribution in [0.25, 0.3) is 0 Å². The minimum atomic E-state index is -4.64. The maximum atomic E-state index is 14.8. The molecule has 2 saturated heterocycles. The molecule has 2 fully saturated rings. The lowest BCUT2D eigenvalue weighted by atomic mass is 9.84. The fourth-order valence-corrected chi connectivity index (χ4v) is 5.13. The second-order valence-corrected chi connectivity index (χ2v) is 9.22. The van der Waals surface area contributed by atoms with Gasteiger partial charge in [-0.3, -0.25) is 0 Å². The van der Waals surface area contributed by atoms with Crippen LogP contribution < -0.4 is 4.74 Å². The highest BCUT2D eigenvalue weighted by atomic mass is 32.2. The number of hydrogen-bond donors (Lipinski definition) is 0. The zero-order chi connectivity index (χ0) is 23.6. The predicted molar refractivity (Wildman–Crippen MR) is 113 cm³/mol. The topological polar surface area (TPSA) is 71.7 Å². The van der Waals surface area contributed by atoms with Crippen molar-refractivity contribution >= 4 is 17.8 Å². The summed E-state index contributed by atoms with van der Waals surface area (Å²) in [5, 5.41) is 3.77. The number of carbonyl (C=O) groups excluding carboxylic acids is 1. The van der Waals surface area contributed by atoms with Crippen LogP contribution >= 0.6 is 11.8 Å². The van der Waals surface area contributed by atoms with E-state index in [4.69, 9.17) is 9.26 Å². The molecular formula is C21H24F4N4O3S. The number of benzene rings is 1. The summed E-state index contributed by atoms with van der Waals surface area (Å²) in [5.74, 6) is 0.0370. The lowest BCUT2D eigenvalue weighted by Crippen LogP contribution is -2.51. The third kappa shape index (κ3) is 5.36. The summed E-state index contributed by atoms with van der Waals surface area (Å²) >= 11 is 1.77. The quantitative estimate of drug-likeness (QED) is 0.596. The summed E-state index contributed by atoms with van der Waals surface area (Å²) in [6.07, 6.45) is -4.29. The second-order valence-electron chi connectivity index (χ2n) is 8.00. The number of amides is 2. The highest BCUT2D eigenvalue weighted by Gasteiger charge is 2.38. The van der Waals surface area contributed by atoms with Gasteiger partial charge in [0.25, 0.3) is 0 Å². The summed E-state index contributed by atoms with van der Waals surface area (Å²) in [6, 6.07) is 2.43. The molecule has 33 heavy (non-hydrogen) atoms. The number of nitrogens with zero attached hydrogens (tertiary/aromatic N) is 4. The zero-order valence-electron chi connectivity index (χ0n) is 18.0. The Morgan fingerprint density at radius 3 is 2.61 bits per heavy atom. The number of carbonyl (C=O) groups is 1. The van der Waals surface area contributed by atoms with Crippen LogP contribution in [0.2, 0.25) is 0 Å². The molecule has 2 aliphatic rings. The lowest BCUT2D eigenvalue weighted by Gasteiger charge is -2.40. The van der Waals surface area contributed by atoms with E-state index in [1.165, 1.54) is 0 Å². The maximum absolute atomic E-state index is 14.8. The molecule has 0 bridgehead atoms. The van der Waals surface area contributed by atoms with Gasteiger partial charge in [-0.1, -0.05) is 6.07 Å². The molecule has 7 nitrogen and oxygen atoms in total. The summed E-state index contributed by atoms with van der Waals surface area (Å²) in [7, 11) is 0. The number of hydrogen-bond acceptors (Lipinski definition) is 6. The van der Waals surface area contributed by atoms with Gasteiger partial charge in [-0.25, -0.2) is 9.18 Å². The molecule has 1 aromatic carbocycles. The van der Waals surface area contributed by atoms with Crippen molar-refractivity contribution in [2.75, 3.05) is 44.3 Å². The molecule has 2 unspecified atom stereocenters. The van der Waals surface area contributed by atoms with E-state index >= 15 is 0 Å². The van der Waals surface area contributed by atoms with E-state index in [1.54, 1.807) is 28.5 Å². The predicted octanol–water partition coefficient (Wildman–Crippen LogP) is 4.37. The molecule has 0 spiro atoms. The third-order valence-corrected chi connectivity index (χ3v) is 6.76. The van der Waals surface area contributed by atoms with Gasteiger partial charge in [-0.05, 0) is 36.2 Å². The number of rotatable bonds is 4. The van der Waals surface area contributed by atoms with Gasteiger partial charge < -0.3 is 19.1 Å². The second kappa shape index (κ2) is 9.78. The molecule has 12 heteroatoms. The van der Waals surface area contributed by atoms with Gasteiger partial charge in [0.15, 0.2) is 0 Å². The number of halogens is 4. The lowest BCUT2D eigenvalue weighted by molar-refractivity contribution is -0.137. The minimum absolute atomic E-state index is 0.0706. The van der Waals surface area contributed by atoms with Crippen LogP contribution in [0.1, 0.15) is 42.2 Å². The first kappa shape index (κ1) is 23.7. The van der Waals surface area contributed by atoms with Gasteiger partial charge in [0.1, 0.15) is 5.82 Å². The Labute approximate surface area is 192 Å². The van der Waals surface area contributed by atoms with E-state index in [0.29, 0.717) is 32.2 Å². The third-order valence-electron chi connectivity index (χ3n) is 5.82. The van der Waals surface area contributed by atoms with Crippen LogP contribution in [-0.2, 0) is 6.18 Å². The van der Waals surface area contributed by atoms with Crippen molar-refractivity contribution in [1.29, 1.82) is 0 Å². The summed E-state index contributed by atoms with van der Waals surface area (Å²) in [4.78, 5) is 20.8. The standard InChI is InChI=1S/C21H24F4N4O3S/c1-2-31-19-26-18(32-27-19)14-9-13(16-4-3-15(10-17(16)22)21(23,24)25)11-29(12-14)20(30)28-5-7-33-8-6-28/h3-4,10,13-14H,2,5-9,11-12H2,1H3. The Morgan fingerprint density at radius 2 is 1.94 bits per heavy atom. The number of alkyl halides is 3. The Balaban J connectivity index is 1.62. The first-order valence-corrected chi connectivity index (χ1v) is 11.9. The van der Waals surface area contributed by atoms with Crippen LogP contribution in [0.3, 0.4) is 0 Å². The van der Waals surface area contributed by atoms with Gasteiger partial charge >= 0.3 is 18.2 Å². The fourth-order valence-electron chi connectivity index (χ4n) is 4.22. The van der Waals surface area contributed by atoms with Gasteiger partial charge in [-0.2, -0.15) is 29.9 Å². The largest absolute Gasteiger partial charge is 0.462 e. The van der Waals surface area contributed by atoms with Crippen molar-refractivity contribution in [3.05, 3.63) is 41.0 Å². The fraction of sp³-hybridized carbons (Fsp3) is 0.571. The zero-order valence-corrected chi connectivity index (χ0v) is 18.8. The average Bonchev–Trinajstić information content (AvgIpc) is 3.27. The van der Waals surface area contributed by atoms with E-state index in [2.05, 4.69) is 10.1 Å². The molecule has 4 rings (SSSR count). The summed E-state index contributed by atoms with van der Waals surface area (Å²) in [5.41, 5.74) is -0.919. The van der Waals surface area contributed by atoms with Crippen LogP contribution in [0, 0.1) is 5.82 Å². The van der Waals surface area contributed by atoms with E-state index in [1.807, 2.05) is 0 Å². The molecule has 180 valence electrons. The molecule has 2 aliphatic heterocycles. The first-order valence-electron chi connectivity index (χ1n) is 10.7. The number of aromatic nitrogens is 2. The van der Waals surface area contributed by atoms with Crippen molar-refractivity contribution < 1.29 is 31.6 Å². The molecule has 0 N–H and O–H groups in total. The van der Waals surface area contributed by atoms with Gasteiger partial charge in [-0.15, -0.1) is 0 Å². The van der Waals surface area contributed by atoms with Gasteiger partial charge in [0, 0.05) is 43.6 Å². The Bertz CT molecular complexity index is 981. The Kier molecular flexibility index (Phi) is 7.01. The first-order chi connectivity index (χ1) is 15.8. The highest BCUT2D eigenvalue weighted by molar-refractivity contribution is 7.99. The van der Waals surface area contributed by atoms with Crippen molar-refractivity contribution in [1.82, 2.24) is 19.9 Å². The Morgan fingerprint density at radius 1 is 1.21 bits per heavy atom. The average molecular weight is 489 g/mol. The number of urea groups is 1. The molecule has 0 aliphatic carbocycles. The van der Waals surface area contributed by atoms with Crippen molar-refractivity contribution in [3.8, 4) is 6.01 Å². The van der Waals surface area contributed by atoms with Crippen molar-refractivity contribution in [2.45, 2.75) is 31.4 Å². The molecule has 1 aromatic heterocycles. The number of likely N-dealkylation sites (tertiary alicyclic amines) is 1. The number of ether oxygens (including phenoxy) is 1. The maximum Gasteiger partial charge on any atom is 0.416 e. The van der Waals surface area contributed by atoms with Crippen LogP contribution in [0.4, 0.5) is 22.4 Å². The Hall–Kier alpha value is -2.50. The highest BCUT2D eigenvalue weighted by Crippen LogP contribution is 2.39. The van der Waals surface area contributed by atoms with Crippen LogP contribution in [0.15, 0.2) is 22.7 Å². The summed E-state index contributed by atoms with van der Waals surface area (Å²) < 4.78 is 64.4. The SMILES string of the molecule is CCOc1noc(C2CC(c3ccc(C(F)(F)F)cc3F)CN(C(=O)N3CCSCC3)C2)n1. The monoisotopic (exact) mass is 488 g/mol. The van der Waals surface area contributed by atoms with Crippen molar-refractivity contribution in [3.63, 3.8) is 0 Å². The molecule has 0 saturated carbocycles. The van der Waals surface area contributed by atoms with Crippen LogP contribution in [0.5, 0.6) is 6.01 Å². The van der Waals surface area contributed by atoms with E-state index in [9.17, 15) is 22.4 Å². The smallest absolute Gasteiger partial charge is 0.416 e. The molecule has 0 radical (unpaired) electrons. The molecular weight excluding hydrogens is 464 g/mol. The molecule has 2 aromatic rings. The minimum Gasteiger partial charge on any atom is -0.462 e. The molecule has 2 atom stereocenters. The van der Waals surface area contributed by atoms with E-state index in [0.717, 1.165) is 23.6 Å². The van der Waals surface area contributed by atoms with E-state index < -0.39 is 29.4 Å². The van der Waals surface area contributed by atoms with Gasteiger partial charge in [0.05, 0.1) is 18.1 Å². The van der Waals surface area contributed by atoms with E-state index in [-0.39, 0.29) is 36.6 Å². The van der Waals surface area contributed by atoms with Crippen molar-refractivity contribution in [2.24, 2.45) is 0 Å². The molecule has 3 heterocycles. The normalized spacial score (nSPS) is 21.8. The number of thioether (sulfide) groups is 1. The van der Waals surface area contributed by atoms with Gasteiger partial charge in [0.2, 0.25) is 5.89 Å². The van der Waals surface area contributed by atoms with Crippen LogP contribution in [-0.4, -0.2) is 70.3 Å². The number of piperidine rings is 1.